The predicted molar refractivity (Wildman–Crippen MR) is 81.4 cm³/mol. The minimum atomic E-state index is -0.222. The number of aliphatic hydroxyl groups excluding tert-OH is 1. The number of aliphatic hydroxyl groups is 1. The highest BCUT2D eigenvalue weighted by Gasteiger charge is 2.22. The zero-order valence-electron chi connectivity index (χ0n) is 11.3. The van der Waals surface area contributed by atoms with Gasteiger partial charge in [0.15, 0.2) is 0 Å². The molecule has 2 nitrogen and oxygen atoms in total. The van der Waals surface area contributed by atoms with Gasteiger partial charge in [-0.1, -0.05) is 36.4 Å². The second kappa shape index (κ2) is 6.85. The molecular formula is C16H21NOS. The smallest absolute Gasteiger partial charge is 0.0610 e. The topological polar surface area (TPSA) is 32.3 Å². The zero-order chi connectivity index (χ0) is 13.6. The number of hydrogen-bond donors (Lipinski definition) is 2. The molecule has 2 rings (SSSR count). The Morgan fingerprint density at radius 3 is 2.58 bits per heavy atom. The summed E-state index contributed by atoms with van der Waals surface area (Å²) in [5.41, 5.74) is 1.10. The van der Waals surface area contributed by atoms with E-state index in [1.165, 1.54) is 10.4 Å². The Morgan fingerprint density at radius 1 is 1.16 bits per heavy atom. The zero-order valence-corrected chi connectivity index (χ0v) is 12.1. The van der Waals surface area contributed by atoms with Crippen LogP contribution in [-0.4, -0.2) is 17.3 Å². The molecule has 0 saturated carbocycles. The van der Waals surface area contributed by atoms with Crippen LogP contribution in [0.25, 0.3) is 0 Å². The quantitative estimate of drug-likeness (QED) is 0.813. The summed E-state index contributed by atoms with van der Waals surface area (Å²) in [6.07, 6.45) is 1.91. The molecule has 0 fully saturated rings. The number of benzene rings is 1. The number of nitrogens with one attached hydrogen (secondary N) is 1. The molecule has 19 heavy (non-hydrogen) atoms. The van der Waals surface area contributed by atoms with E-state index >= 15 is 0 Å². The molecule has 3 heteroatoms. The van der Waals surface area contributed by atoms with E-state index in [1.807, 2.05) is 6.07 Å². The summed E-state index contributed by atoms with van der Waals surface area (Å²) < 4.78 is 0. The Bertz CT molecular complexity index is 469. The Balaban J connectivity index is 1.86. The molecular weight excluding hydrogens is 254 g/mol. The summed E-state index contributed by atoms with van der Waals surface area (Å²) in [4.78, 5) is 1.30. The van der Waals surface area contributed by atoms with Crippen molar-refractivity contribution in [2.45, 2.75) is 31.8 Å². The first-order valence-corrected chi connectivity index (χ1v) is 7.52. The van der Waals surface area contributed by atoms with Gasteiger partial charge in [0, 0.05) is 17.0 Å². The maximum Gasteiger partial charge on any atom is 0.0610 e. The first kappa shape index (κ1) is 14.3. The van der Waals surface area contributed by atoms with Crippen molar-refractivity contribution in [2.24, 2.45) is 0 Å². The Labute approximate surface area is 119 Å². The maximum atomic E-state index is 9.63. The molecule has 0 aliphatic carbocycles. The number of rotatable bonds is 7. The number of hydrogen-bond acceptors (Lipinski definition) is 3. The monoisotopic (exact) mass is 275 g/mol. The molecule has 0 radical (unpaired) electrons. The molecule has 0 aliphatic heterocycles. The normalized spacial score (nSPS) is 14.2. The van der Waals surface area contributed by atoms with E-state index < -0.39 is 0 Å². The average Bonchev–Trinajstić information content (AvgIpc) is 2.98. The predicted octanol–water partition coefficient (Wildman–Crippen LogP) is 3.22. The average molecular weight is 275 g/mol. The summed E-state index contributed by atoms with van der Waals surface area (Å²) in [5.74, 6) is 0. The Morgan fingerprint density at radius 2 is 1.95 bits per heavy atom. The second-order valence-corrected chi connectivity index (χ2v) is 6.17. The summed E-state index contributed by atoms with van der Waals surface area (Å²) in [7, 11) is 0. The third-order valence-corrected chi connectivity index (χ3v) is 4.30. The van der Waals surface area contributed by atoms with E-state index in [0.717, 1.165) is 19.4 Å². The van der Waals surface area contributed by atoms with Crippen LogP contribution in [-0.2, 0) is 13.0 Å². The van der Waals surface area contributed by atoms with Gasteiger partial charge in [-0.05, 0) is 36.8 Å². The van der Waals surface area contributed by atoms with Crippen LogP contribution >= 0.6 is 11.3 Å². The van der Waals surface area contributed by atoms with Crippen molar-refractivity contribution in [3.8, 4) is 0 Å². The van der Waals surface area contributed by atoms with Gasteiger partial charge in [-0.15, -0.1) is 11.3 Å². The maximum absolute atomic E-state index is 9.63. The molecule has 2 N–H and O–H groups in total. The number of aryl methyl sites for hydroxylation is 1. The molecule has 0 aliphatic rings. The van der Waals surface area contributed by atoms with Crippen molar-refractivity contribution in [2.75, 3.05) is 6.61 Å². The van der Waals surface area contributed by atoms with Crippen molar-refractivity contribution in [3.05, 3.63) is 58.3 Å². The summed E-state index contributed by atoms with van der Waals surface area (Å²) >= 11 is 1.74. The van der Waals surface area contributed by atoms with E-state index in [9.17, 15) is 5.11 Å². The minimum Gasteiger partial charge on any atom is -0.394 e. The lowest BCUT2D eigenvalue weighted by Gasteiger charge is -2.29. The van der Waals surface area contributed by atoms with E-state index in [-0.39, 0.29) is 12.1 Å². The number of thiophene rings is 1. The summed E-state index contributed by atoms with van der Waals surface area (Å²) in [6, 6.07) is 14.6. The highest BCUT2D eigenvalue weighted by molar-refractivity contribution is 7.09. The fourth-order valence-electron chi connectivity index (χ4n) is 2.00. The highest BCUT2D eigenvalue weighted by Crippen LogP contribution is 2.16. The van der Waals surface area contributed by atoms with Gasteiger partial charge in [-0.25, -0.2) is 0 Å². The molecule has 0 saturated heterocycles. The van der Waals surface area contributed by atoms with E-state index in [1.54, 1.807) is 11.3 Å². The largest absolute Gasteiger partial charge is 0.394 e. The Kier molecular flexibility index (Phi) is 5.14. The van der Waals surface area contributed by atoms with Gasteiger partial charge in [0.05, 0.1) is 6.61 Å². The molecule has 0 bridgehead atoms. The standard InChI is InChI=1S/C16H21NOS/c1-16(13-18,17-12-15-8-5-11-19-15)10-9-14-6-3-2-4-7-14/h2-8,11,17-18H,9-10,12-13H2,1H3. The molecule has 2 aromatic rings. The van der Waals surface area contributed by atoms with Crippen molar-refractivity contribution in [3.63, 3.8) is 0 Å². The fourth-order valence-corrected chi connectivity index (χ4v) is 2.65. The molecule has 1 unspecified atom stereocenters. The highest BCUT2D eigenvalue weighted by atomic mass is 32.1. The van der Waals surface area contributed by atoms with Crippen LogP contribution < -0.4 is 5.32 Å². The lowest BCUT2D eigenvalue weighted by atomic mass is 9.94. The van der Waals surface area contributed by atoms with Crippen LogP contribution in [0.5, 0.6) is 0 Å². The van der Waals surface area contributed by atoms with Gasteiger partial charge in [0.1, 0.15) is 0 Å². The first-order chi connectivity index (χ1) is 9.22. The van der Waals surface area contributed by atoms with Gasteiger partial charge >= 0.3 is 0 Å². The van der Waals surface area contributed by atoms with Crippen LogP contribution in [0.4, 0.5) is 0 Å². The van der Waals surface area contributed by atoms with Crippen LogP contribution in [0.2, 0.25) is 0 Å². The Hall–Kier alpha value is -1.16. The van der Waals surface area contributed by atoms with Gasteiger partial charge < -0.3 is 10.4 Å². The third kappa shape index (κ3) is 4.46. The second-order valence-electron chi connectivity index (χ2n) is 5.14. The summed E-state index contributed by atoms with van der Waals surface area (Å²) in [6.45, 7) is 3.07. The summed E-state index contributed by atoms with van der Waals surface area (Å²) in [5, 5.41) is 15.2. The molecule has 0 spiro atoms. The molecule has 1 atom stereocenters. The first-order valence-electron chi connectivity index (χ1n) is 6.64. The SMILES string of the molecule is CC(CO)(CCc1ccccc1)NCc1cccs1. The minimum absolute atomic E-state index is 0.158. The lowest BCUT2D eigenvalue weighted by Crippen LogP contribution is -2.45. The van der Waals surface area contributed by atoms with Gasteiger partial charge in [0.2, 0.25) is 0 Å². The fraction of sp³-hybridized carbons (Fsp3) is 0.375. The van der Waals surface area contributed by atoms with E-state index in [2.05, 4.69) is 54.0 Å². The molecule has 1 heterocycles. The van der Waals surface area contributed by atoms with Crippen molar-refractivity contribution >= 4 is 11.3 Å². The molecule has 1 aromatic heterocycles. The van der Waals surface area contributed by atoms with Gasteiger partial charge in [-0.3, -0.25) is 0 Å². The van der Waals surface area contributed by atoms with E-state index in [4.69, 9.17) is 0 Å². The lowest BCUT2D eigenvalue weighted by molar-refractivity contribution is 0.165. The molecule has 0 amide bonds. The molecule has 102 valence electrons. The van der Waals surface area contributed by atoms with Gasteiger partial charge in [-0.2, -0.15) is 0 Å². The van der Waals surface area contributed by atoms with Crippen LogP contribution in [0, 0.1) is 0 Å². The van der Waals surface area contributed by atoms with Crippen LogP contribution in [0.15, 0.2) is 47.8 Å². The van der Waals surface area contributed by atoms with Crippen molar-refractivity contribution in [1.29, 1.82) is 0 Å². The van der Waals surface area contributed by atoms with Gasteiger partial charge in [0.25, 0.3) is 0 Å². The van der Waals surface area contributed by atoms with Crippen LogP contribution in [0.3, 0.4) is 0 Å². The van der Waals surface area contributed by atoms with Crippen LogP contribution in [0.1, 0.15) is 23.8 Å². The molecule has 1 aromatic carbocycles. The van der Waals surface area contributed by atoms with E-state index in [0.29, 0.717) is 0 Å². The van der Waals surface area contributed by atoms with Crippen molar-refractivity contribution in [1.82, 2.24) is 5.32 Å². The van der Waals surface area contributed by atoms with Crippen molar-refractivity contribution < 1.29 is 5.11 Å². The third-order valence-electron chi connectivity index (χ3n) is 3.43.